The molecule has 90 valence electrons. The second-order valence-electron chi connectivity index (χ2n) is 3.67. The number of aromatic nitrogens is 1. The molecule has 0 N–H and O–H groups in total. The van der Waals surface area contributed by atoms with Crippen LogP contribution in [-0.2, 0) is 9.59 Å². The quantitative estimate of drug-likeness (QED) is 0.555. The molecule has 0 aliphatic rings. The monoisotopic (exact) mass is 233 g/mol. The van der Waals surface area contributed by atoms with E-state index in [0.29, 0.717) is 5.56 Å². The highest BCUT2D eigenvalue weighted by atomic mass is 16.2. The number of ketones is 3. The largest absolute Gasteiger partial charge is 0.298 e. The van der Waals surface area contributed by atoms with Crippen LogP contribution in [-0.4, -0.2) is 22.3 Å². The van der Waals surface area contributed by atoms with E-state index in [1.54, 1.807) is 13.8 Å². The van der Waals surface area contributed by atoms with Gasteiger partial charge in [-0.1, -0.05) is 13.8 Å². The minimum absolute atomic E-state index is 0.188. The van der Waals surface area contributed by atoms with E-state index in [4.69, 9.17) is 0 Å². The Morgan fingerprint density at radius 1 is 1.06 bits per heavy atom. The fraction of sp³-hybridized carbons (Fsp3) is 0.385. The van der Waals surface area contributed by atoms with Gasteiger partial charge >= 0.3 is 0 Å². The van der Waals surface area contributed by atoms with Gasteiger partial charge < -0.3 is 0 Å². The Morgan fingerprint density at radius 3 is 1.94 bits per heavy atom. The lowest BCUT2D eigenvalue weighted by molar-refractivity contribution is -0.130. The zero-order valence-electron chi connectivity index (χ0n) is 9.97. The number of rotatable bonds is 6. The van der Waals surface area contributed by atoms with Crippen LogP contribution in [0, 0.1) is 5.92 Å². The zero-order chi connectivity index (χ0) is 12.8. The van der Waals surface area contributed by atoms with Crippen molar-refractivity contribution >= 4 is 17.3 Å². The molecule has 0 saturated heterocycles. The van der Waals surface area contributed by atoms with Crippen molar-refractivity contribution < 1.29 is 14.4 Å². The van der Waals surface area contributed by atoms with E-state index in [-0.39, 0.29) is 24.4 Å². The molecule has 0 bridgehead atoms. The highest BCUT2D eigenvalue weighted by Crippen LogP contribution is 2.14. The van der Waals surface area contributed by atoms with Crippen molar-refractivity contribution in [1.82, 2.24) is 4.98 Å². The summed E-state index contributed by atoms with van der Waals surface area (Å²) in [5, 5.41) is 0. The van der Waals surface area contributed by atoms with Gasteiger partial charge in [0.1, 0.15) is 5.92 Å². The molecule has 0 unspecified atom stereocenters. The van der Waals surface area contributed by atoms with Crippen molar-refractivity contribution in [2.24, 2.45) is 5.92 Å². The Morgan fingerprint density at radius 2 is 1.53 bits per heavy atom. The van der Waals surface area contributed by atoms with Crippen LogP contribution in [0.2, 0.25) is 0 Å². The van der Waals surface area contributed by atoms with Gasteiger partial charge in [-0.25, -0.2) is 0 Å². The van der Waals surface area contributed by atoms with Gasteiger partial charge in [0.2, 0.25) is 0 Å². The number of hydrogen-bond acceptors (Lipinski definition) is 4. The van der Waals surface area contributed by atoms with Crippen LogP contribution in [0.3, 0.4) is 0 Å². The third-order valence-corrected chi connectivity index (χ3v) is 2.57. The minimum atomic E-state index is -1.15. The Labute approximate surface area is 100 Å². The second kappa shape index (κ2) is 6.03. The van der Waals surface area contributed by atoms with Gasteiger partial charge in [-0.3, -0.25) is 19.4 Å². The Hall–Kier alpha value is -1.84. The maximum atomic E-state index is 12.1. The number of carbonyl (C=O) groups is 3. The molecule has 1 aromatic rings. The van der Waals surface area contributed by atoms with Gasteiger partial charge in [-0.05, 0) is 12.1 Å². The summed E-state index contributed by atoms with van der Waals surface area (Å²) in [6.45, 7) is 3.30. The van der Waals surface area contributed by atoms with Gasteiger partial charge in [0, 0.05) is 30.8 Å². The molecule has 0 aromatic carbocycles. The van der Waals surface area contributed by atoms with Crippen LogP contribution in [0.5, 0.6) is 0 Å². The van der Waals surface area contributed by atoms with Crippen LogP contribution in [0.25, 0.3) is 0 Å². The standard InChI is InChI=1S/C13H15NO3/c1-3-10(15)12(11(16)4-2)13(17)9-5-7-14-8-6-9/h5-8,12H,3-4H2,1-2H3. The summed E-state index contributed by atoms with van der Waals surface area (Å²) in [6.07, 6.45) is 3.31. The molecule has 0 saturated carbocycles. The van der Waals surface area contributed by atoms with E-state index in [1.165, 1.54) is 24.5 Å². The lowest BCUT2D eigenvalue weighted by atomic mass is 9.88. The number of pyridine rings is 1. The molecule has 4 heteroatoms. The molecule has 0 fully saturated rings. The van der Waals surface area contributed by atoms with Crippen molar-refractivity contribution in [2.45, 2.75) is 26.7 Å². The summed E-state index contributed by atoms with van der Waals surface area (Å²) in [6, 6.07) is 3.03. The summed E-state index contributed by atoms with van der Waals surface area (Å²) in [5.41, 5.74) is 0.355. The molecule has 1 aromatic heterocycles. The molecule has 0 aliphatic carbocycles. The molecule has 0 aliphatic heterocycles. The van der Waals surface area contributed by atoms with E-state index in [2.05, 4.69) is 4.98 Å². The molecule has 1 heterocycles. The van der Waals surface area contributed by atoms with Crippen molar-refractivity contribution in [2.75, 3.05) is 0 Å². The van der Waals surface area contributed by atoms with Gasteiger partial charge in [0.15, 0.2) is 17.3 Å². The lowest BCUT2D eigenvalue weighted by Gasteiger charge is -2.11. The number of hydrogen-bond donors (Lipinski definition) is 0. The third kappa shape index (κ3) is 3.06. The van der Waals surface area contributed by atoms with Crippen LogP contribution >= 0.6 is 0 Å². The Bertz CT molecular complexity index is 410. The van der Waals surface area contributed by atoms with E-state index >= 15 is 0 Å². The molecule has 1 rings (SSSR count). The topological polar surface area (TPSA) is 64.1 Å². The minimum Gasteiger partial charge on any atom is -0.298 e. The third-order valence-electron chi connectivity index (χ3n) is 2.57. The van der Waals surface area contributed by atoms with Gasteiger partial charge in [0.25, 0.3) is 0 Å². The van der Waals surface area contributed by atoms with Crippen molar-refractivity contribution in [1.29, 1.82) is 0 Å². The van der Waals surface area contributed by atoms with Crippen LogP contribution in [0.1, 0.15) is 37.0 Å². The van der Waals surface area contributed by atoms with E-state index in [0.717, 1.165) is 0 Å². The summed E-state index contributed by atoms with van der Waals surface area (Å²) >= 11 is 0. The van der Waals surface area contributed by atoms with Gasteiger partial charge in [0.05, 0.1) is 0 Å². The summed E-state index contributed by atoms with van der Waals surface area (Å²) < 4.78 is 0. The summed E-state index contributed by atoms with van der Waals surface area (Å²) in [5.74, 6) is -2.21. The molecule has 0 spiro atoms. The maximum absolute atomic E-state index is 12.1. The first-order valence-corrected chi connectivity index (χ1v) is 5.61. The first-order valence-electron chi connectivity index (χ1n) is 5.61. The van der Waals surface area contributed by atoms with Crippen molar-refractivity contribution in [3.05, 3.63) is 30.1 Å². The van der Waals surface area contributed by atoms with E-state index < -0.39 is 11.7 Å². The van der Waals surface area contributed by atoms with Gasteiger partial charge in [-0.2, -0.15) is 0 Å². The first-order chi connectivity index (χ1) is 8.11. The number of Topliss-reactive ketones (excluding diaryl/α,β-unsaturated/α-hetero) is 3. The van der Waals surface area contributed by atoms with E-state index in [1.807, 2.05) is 0 Å². The highest BCUT2D eigenvalue weighted by Gasteiger charge is 2.31. The fourth-order valence-corrected chi connectivity index (χ4v) is 1.56. The van der Waals surface area contributed by atoms with Crippen LogP contribution in [0.15, 0.2) is 24.5 Å². The molecular weight excluding hydrogens is 218 g/mol. The molecule has 0 radical (unpaired) electrons. The smallest absolute Gasteiger partial charge is 0.180 e. The van der Waals surface area contributed by atoms with Gasteiger partial charge in [-0.15, -0.1) is 0 Å². The van der Waals surface area contributed by atoms with E-state index in [9.17, 15) is 14.4 Å². The zero-order valence-corrected chi connectivity index (χ0v) is 9.97. The molecule has 4 nitrogen and oxygen atoms in total. The number of carbonyl (C=O) groups excluding carboxylic acids is 3. The maximum Gasteiger partial charge on any atom is 0.180 e. The van der Waals surface area contributed by atoms with Crippen LogP contribution < -0.4 is 0 Å². The summed E-state index contributed by atoms with van der Waals surface area (Å²) in [4.78, 5) is 39.2. The second-order valence-corrected chi connectivity index (χ2v) is 3.67. The molecule has 0 atom stereocenters. The fourth-order valence-electron chi connectivity index (χ4n) is 1.56. The lowest BCUT2D eigenvalue weighted by Crippen LogP contribution is -2.31. The predicted octanol–water partition coefficient (Wildman–Crippen LogP) is 1.84. The normalized spacial score (nSPS) is 10.3. The van der Waals surface area contributed by atoms with Crippen molar-refractivity contribution in [3.63, 3.8) is 0 Å². The predicted molar refractivity (Wildman–Crippen MR) is 62.7 cm³/mol. The summed E-state index contributed by atoms with van der Waals surface area (Å²) in [7, 11) is 0. The first kappa shape index (κ1) is 13.2. The Kier molecular flexibility index (Phi) is 4.69. The highest BCUT2D eigenvalue weighted by molar-refractivity contribution is 6.24. The number of nitrogens with zero attached hydrogens (tertiary/aromatic N) is 1. The molecule has 17 heavy (non-hydrogen) atoms. The van der Waals surface area contributed by atoms with Crippen molar-refractivity contribution in [3.8, 4) is 0 Å². The molecule has 0 amide bonds. The average molecular weight is 233 g/mol. The Balaban J connectivity index is 3.03. The van der Waals surface area contributed by atoms with Crippen LogP contribution in [0.4, 0.5) is 0 Å². The SMILES string of the molecule is CCC(=O)C(C(=O)CC)C(=O)c1ccncc1. The average Bonchev–Trinajstić information content (AvgIpc) is 2.39. The molecular formula is C13H15NO3.